The third-order valence-corrected chi connectivity index (χ3v) is 7.97. The lowest BCUT2D eigenvalue weighted by Crippen LogP contribution is -2.49. The monoisotopic (exact) mass is 503 g/mol. The molecule has 2 atom stereocenters. The SMILES string of the molecule is CCC(C)NC(=O)C(C)N(Cc1ccccc1F)C(=O)CCCN1C(=O)c2ccccc2S1(=O)=O. The number of fused-ring (bicyclic) bond motifs is 1. The summed E-state index contributed by atoms with van der Waals surface area (Å²) in [5, 5.41) is 2.83. The van der Waals surface area contributed by atoms with E-state index in [-0.39, 0.29) is 53.9 Å². The second-order valence-electron chi connectivity index (χ2n) is 8.59. The number of nitrogens with one attached hydrogen (secondary N) is 1. The van der Waals surface area contributed by atoms with Gasteiger partial charge in [-0.3, -0.25) is 14.4 Å². The first-order valence-corrected chi connectivity index (χ1v) is 13.0. The van der Waals surface area contributed by atoms with Gasteiger partial charge in [-0.2, -0.15) is 0 Å². The van der Waals surface area contributed by atoms with Gasteiger partial charge < -0.3 is 10.2 Å². The second-order valence-corrected chi connectivity index (χ2v) is 10.4. The van der Waals surface area contributed by atoms with Gasteiger partial charge in [0, 0.05) is 31.1 Å². The van der Waals surface area contributed by atoms with Crippen molar-refractivity contribution in [3.8, 4) is 0 Å². The molecule has 0 fully saturated rings. The Hall–Kier alpha value is -3.27. The van der Waals surface area contributed by atoms with Gasteiger partial charge in [-0.1, -0.05) is 37.3 Å². The van der Waals surface area contributed by atoms with Crippen LogP contribution in [0.1, 0.15) is 56.0 Å². The number of benzene rings is 2. The molecule has 3 rings (SSSR count). The number of halogens is 1. The van der Waals surface area contributed by atoms with E-state index in [9.17, 15) is 27.2 Å². The molecule has 0 radical (unpaired) electrons. The molecule has 0 bridgehead atoms. The summed E-state index contributed by atoms with van der Waals surface area (Å²) in [5.74, 6) is -1.93. The number of carbonyl (C=O) groups excluding carboxylic acids is 3. The van der Waals surface area contributed by atoms with Crippen LogP contribution in [0.2, 0.25) is 0 Å². The Morgan fingerprint density at radius 3 is 2.40 bits per heavy atom. The second kappa shape index (κ2) is 11.0. The maximum absolute atomic E-state index is 14.3. The molecule has 10 heteroatoms. The van der Waals surface area contributed by atoms with Crippen molar-refractivity contribution in [2.45, 2.75) is 63.6 Å². The van der Waals surface area contributed by atoms with E-state index < -0.39 is 33.7 Å². The molecule has 35 heavy (non-hydrogen) atoms. The van der Waals surface area contributed by atoms with Crippen LogP contribution in [0.4, 0.5) is 4.39 Å². The first kappa shape index (κ1) is 26.3. The number of nitrogens with zero attached hydrogens (tertiary/aromatic N) is 2. The lowest BCUT2D eigenvalue weighted by Gasteiger charge is -2.30. The molecule has 0 saturated heterocycles. The maximum atomic E-state index is 14.3. The molecular weight excluding hydrogens is 473 g/mol. The predicted octanol–water partition coefficient (Wildman–Crippen LogP) is 3.08. The van der Waals surface area contributed by atoms with Crippen molar-refractivity contribution in [3.63, 3.8) is 0 Å². The molecular formula is C25H30FN3O5S. The van der Waals surface area contributed by atoms with Crippen molar-refractivity contribution in [1.29, 1.82) is 0 Å². The van der Waals surface area contributed by atoms with Crippen molar-refractivity contribution in [3.05, 3.63) is 65.5 Å². The molecule has 3 amide bonds. The van der Waals surface area contributed by atoms with Gasteiger partial charge in [0.05, 0.1) is 5.56 Å². The third-order valence-electron chi connectivity index (χ3n) is 6.13. The normalized spacial score (nSPS) is 15.9. The van der Waals surface area contributed by atoms with Crippen LogP contribution in [0.3, 0.4) is 0 Å². The van der Waals surface area contributed by atoms with E-state index in [0.717, 1.165) is 4.31 Å². The molecule has 0 spiro atoms. The Balaban J connectivity index is 1.72. The van der Waals surface area contributed by atoms with Crippen LogP contribution in [0.5, 0.6) is 0 Å². The van der Waals surface area contributed by atoms with Crippen molar-refractivity contribution >= 4 is 27.7 Å². The fourth-order valence-electron chi connectivity index (χ4n) is 3.83. The summed E-state index contributed by atoms with van der Waals surface area (Å²) in [5.41, 5.74) is 0.368. The standard InChI is InChI=1S/C25H30FN3O5S/c1-4-17(2)27-24(31)18(3)28(16-19-10-5-7-12-21(19)26)23(30)14-9-15-29-25(32)20-11-6-8-13-22(20)35(29,33)34/h5-8,10-13,17-18H,4,9,14-16H2,1-3H3,(H,27,31). The van der Waals surface area contributed by atoms with Crippen molar-refractivity contribution < 1.29 is 27.2 Å². The topological polar surface area (TPSA) is 104 Å². The van der Waals surface area contributed by atoms with E-state index in [2.05, 4.69) is 5.32 Å². The third kappa shape index (κ3) is 5.70. The molecule has 8 nitrogen and oxygen atoms in total. The Bertz CT molecular complexity index is 1220. The fraction of sp³-hybridized carbons (Fsp3) is 0.400. The molecule has 0 aliphatic carbocycles. The van der Waals surface area contributed by atoms with Gasteiger partial charge in [-0.05, 0) is 44.9 Å². The summed E-state index contributed by atoms with van der Waals surface area (Å²) in [6.45, 7) is 5.04. The Labute approximate surface area is 205 Å². The van der Waals surface area contributed by atoms with Gasteiger partial charge in [-0.15, -0.1) is 0 Å². The van der Waals surface area contributed by atoms with Crippen LogP contribution < -0.4 is 5.32 Å². The fourth-order valence-corrected chi connectivity index (χ4v) is 5.44. The summed E-state index contributed by atoms with van der Waals surface area (Å²) < 4.78 is 40.5. The van der Waals surface area contributed by atoms with Gasteiger partial charge >= 0.3 is 0 Å². The maximum Gasteiger partial charge on any atom is 0.269 e. The molecule has 2 aromatic carbocycles. The number of hydrogen-bond donors (Lipinski definition) is 1. The van der Waals surface area contributed by atoms with E-state index >= 15 is 0 Å². The zero-order chi connectivity index (χ0) is 25.8. The average molecular weight is 504 g/mol. The van der Waals surface area contributed by atoms with Crippen LogP contribution in [-0.4, -0.2) is 54.0 Å². The molecule has 1 aliphatic heterocycles. The predicted molar refractivity (Wildman–Crippen MR) is 128 cm³/mol. The van der Waals surface area contributed by atoms with Gasteiger partial charge in [0.25, 0.3) is 15.9 Å². The summed E-state index contributed by atoms with van der Waals surface area (Å²) in [7, 11) is -3.97. The van der Waals surface area contributed by atoms with E-state index in [1.165, 1.54) is 29.2 Å². The molecule has 1 heterocycles. The lowest BCUT2D eigenvalue weighted by molar-refractivity contribution is -0.141. The zero-order valence-electron chi connectivity index (χ0n) is 20.0. The molecule has 1 aliphatic rings. The first-order chi connectivity index (χ1) is 16.6. The summed E-state index contributed by atoms with van der Waals surface area (Å²) >= 11 is 0. The highest BCUT2D eigenvalue weighted by Gasteiger charge is 2.40. The van der Waals surface area contributed by atoms with Crippen LogP contribution in [-0.2, 0) is 26.2 Å². The minimum absolute atomic E-state index is 0.0483. The van der Waals surface area contributed by atoms with Crippen LogP contribution in [0, 0.1) is 5.82 Å². The van der Waals surface area contributed by atoms with E-state index in [4.69, 9.17) is 0 Å². The molecule has 0 saturated carbocycles. The quantitative estimate of drug-likeness (QED) is 0.537. The minimum atomic E-state index is -3.97. The van der Waals surface area contributed by atoms with E-state index in [0.29, 0.717) is 6.42 Å². The van der Waals surface area contributed by atoms with Gasteiger partial charge in [0.2, 0.25) is 11.8 Å². The summed E-state index contributed by atoms with van der Waals surface area (Å²) in [6.07, 6.45) is 0.650. The lowest BCUT2D eigenvalue weighted by atomic mass is 10.1. The number of amides is 3. The van der Waals surface area contributed by atoms with Crippen LogP contribution >= 0.6 is 0 Å². The molecule has 188 valence electrons. The molecule has 2 aromatic rings. The van der Waals surface area contributed by atoms with Crippen molar-refractivity contribution in [2.24, 2.45) is 0 Å². The highest BCUT2D eigenvalue weighted by molar-refractivity contribution is 7.90. The Kier molecular flexibility index (Phi) is 8.26. The highest BCUT2D eigenvalue weighted by atomic mass is 32.2. The Morgan fingerprint density at radius 1 is 1.09 bits per heavy atom. The van der Waals surface area contributed by atoms with Crippen LogP contribution in [0.15, 0.2) is 53.4 Å². The van der Waals surface area contributed by atoms with E-state index in [1.54, 1.807) is 31.2 Å². The minimum Gasteiger partial charge on any atom is -0.352 e. The molecule has 0 aromatic heterocycles. The van der Waals surface area contributed by atoms with Crippen molar-refractivity contribution in [2.75, 3.05) is 6.54 Å². The summed E-state index contributed by atoms with van der Waals surface area (Å²) in [4.78, 5) is 39.7. The number of rotatable bonds is 10. The average Bonchev–Trinajstić information content (AvgIpc) is 3.03. The first-order valence-electron chi connectivity index (χ1n) is 11.6. The smallest absolute Gasteiger partial charge is 0.269 e. The Morgan fingerprint density at radius 2 is 1.74 bits per heavy atom. The number of hydrogen-bond acceptors (Lipinski definition) is 5. The summed E-state index contributed by atoms with van der Waals surface area (Å²) in [6, 6.07) is 11.0. The number of carbonyl (C=O) groups is 3. The zero-order valence-corrected chi connectivity index (χ0v) is 20.8. The highest BCUT2D eigenvalue weighted by Crippen LogP contribution is 2.30. The van der Waals surface area contributed by atoms with Gasteiger partial charge in [-0.25, -0.2) is 17.1 Å². The van der Waals surface area contributed by atoms with Gasteiger partial charge in [0.1, 0.15) is 16.8 Å². The van der Waals surface area contributed by atoms with Crippen LogP contribution in [0.25, 0.3) is 0 Å². The molecule has 1 N–H and O–H groups in total. The van der Waals surface area contributed by atoms with Gasteiger partial charge in [0.15, 0.2) is 0 Å². The van der Waals surface area contributed by atoms with E-state index in [1.807, 2.05) is 13.8 Å². The number of sulfonamides is 1. The van der Waals surface area contributed by atoms with Crippen molar-refractivity contribution in [1.82, 2.24) is 14.5 Å². The molecule has 2 unspecified atom stereocenters. The largest absolute Gasteiger partial charge is 0.352 e.